The number of amides is 2. The van der Waals surface area contributed by atoms with E-state index in [1.54, 1.807) is 6.08 Å². The minimum atomic E-state index is -1.37. The van der Waals surface area contributed by atoms with Crippen LogP contribution in [0.5, 0.6) is 0 Å². The molecular weight excluding hydrogens is 268 g/mol. The third-order valence-corrected chi connectivity index (χ3v) is 3.32. The van der Waals surface area contributed by atoms with E-state index in [4.69, 9.17) is 4.74 Å². The lowest BCUT2D eigenvalue weighted by atomic mass is 9.98. The predicted molar refractivity (Wildman–Crippen MR) is 79.1 cm³/mol. The van der Waals surface area contributed by atoms with Crippen molar-refractivity contribution in [3.8, 4) is 0 Å². The fourth-order valence-electron chi connectivity index (χ4n) is 2.26. The number of methoxy groups -OCH3 is 1. The van der Waals surface area contributed by atoms with Crippen molar-refractivity contribution in [2.75, 3.05) is 7.11 Å². The van der Waals surface area contributed by atoms with Crippen LogP contribution in [0.4, 0.5) is 0 Å². The van der Waals surface area contributed by atoms with Crippen LogP contribution in [0.15, 0.2) is 42.1 Å². The number of ether oxygens (including phenoxy) is 1. The highest BCUT2D eigenvalue weighted by Crippen LogP contribution is 2.20. The largest absolute Gasteiger partial charge is 0.350 e. The van der Waals surface area contributed by atoms with Gasteiger partial charge in [-0.3, -0.25) is 9.59 Å². The van der Waals surface area contributed by atoms with E-state index in [1.165, 1.54) is 7.11 Å². The smallest absolute Gasteiger partial charge is 0.278 e. The molecule has 2 rings (SSSR count). The zero-order valence-corrected chi connectivity index (χ0v) is 12.5. The number of allylic oxidation sites excluding steroid dienone is 1. The first-order valence-electron chi connectivity index (χ1n) is 6.92. The zero-order valence-electron chi connectivity index (χ0n) is 12.5. The Hall–Kier alpha value is -2.14. The van der Waals surface area contributed by atoms with Crippen LogP contribution < -0.4 is 10.6 Å². The van der Waals surface area contributed by atoms with Crippen LogP contribution >= 0.6 is 0 Å². The summed E-state index contributed by atoms with van der Waals surface area (Å²) in [5.41, 5.74) is -0.186. The van der Waals surface area contributed by atoms with Gasteiger partial charge in [-0.05, 0) is 11.5 Å². The quantitative estimate of drug-likeness (QED) is 0.822. The van der Waals surface area contributed by atoms with Crippen molar-refractivity contribution in [3.63, 3.8) is 0 Å². The number of rotatable bonds is 4. The maximum atomic E-state index is 12.4. The minimum absolute atomic E-state index is 0.162. The van der Waals surface area contributed by atoms with Crippen LogP contribution in [-0.2, 0) is 20.7 Å². The van der Waals surface area contributed by atoms with Gasteiger partial charge in [-0.25, -0.2) is 0 Å². The van der Waals surface area contributed by atoms with Crippen LogP contribution in [0, 0.1) is 5.92 Å². The number of nitrogens with one attached hydrogen (secondary N) is 2. The minimum Gasteiger partial charge on any atom is -0.350 e. The second-order valence-corrected chi connectivity index (χ2v) is 5.43. The number of carbonyl (C=O) groups is 2. The molecule has 1 fully saturated rings. The molecule has 1 aliphatic heterocycles. The highest BCUT2D eigenvalue weighted by Gasteiger charge is 2.45. The molecule has 1 aliphatic rings. The summed E-state index contributed by atoms with van der Waals surface area (Å²) in [6.45, 7) is 3.88. The van der Waals surface area contributed by atoms with Crippen molar-refractivity contribution in [3.05, 3.63) is 47.7 Å². The van der Waals surface area contributed by atoms with Gasteiger partial charge < -0.3 is 15.4 Å². The Morgan fingerprint density at radius 1 is 1.24 bits per heavy atom. The molecule has 1 atom stereocenters. The third-order valence-electron chi connectivity index (χ3n) is 3.32. The maximum Gasteiger partial charge on any atom is 0.278 e. The Bertz CT molecular complexity index is 566. The van der Waals surface area contributed by atoms with Crippen LogP contribution in [0.25, 0.3) is 0 Å². The topological polar surface area (TPSA) is 67.4 Å². The highest BCUT2D eigenvalue weighted by atomic mass is 16.5. The molecule has 0 bridgehead atoms. The monoisotopic (exact) mass is 288 g/mol. The van der Waals surface area contributed by atoms with Crippen LogP contribution in [-0.4, -0.2) is 24.6 Å². The zero-order chi connectivity index (χ0) is 15.5. The first-order valence-corrected chi connectivity index (χ1v) is 6.92. The van der Waals surface area contributed by atoms with Crippen LogP contribution in [0.3, 0.4) is 0 Å². The Morgan fingerprint density at radius 3 is 2.48 bits per heavy atom. The van der Waals surface area contributed by atoms with Crippen molar-refractivity contribution in [1.82, 2.24) is 10.6 Å². The molecule has 0 spiro atoms. The summed E-state index contributed by atoms with van der Waals surface area (Å²) in [5, 5.41) is 5.34. The van der Waals surface area contributed by atoms with Crippen molar-refractivity contribution in [1.29, 1.82) is 0 Å². The highest BCUT2D eigenvalue weighted by molar-refractivity contribution is 6.06. The van der Waals surface area contributed by atoms with Crippen molar-refractivity contribution >= 4 is 11.8 Å². The first-order chi connectivity index (χ1) is 9.97. The average molecular weight is 288 g/mol. The molecule has 21 heavy (non-hydrogen) atoms. The second kappa shape index (κ2) is 6.10. The van der Waals surface area contributed by atoms with Gasteiger partial charge in [0.1, 0.15) is 5.70 Å². The molecule has 0 aromatic heterocycles. The molecule has 0 saturated carbocycles. The van der Waals surface area contributed by atoms with E-state index < -0.39 is 5.72 Å². The molecule has 1 unspecified atom stereocenters. The average Bonchev–Trinajstić information content (AvgIpc) is 2.45. The third kappa shape index (κ3) is 3.31. The number of carbonyl (C=O) groups excluding carboxylic acids is 2. The molecule has 5 nitrogen and oxygen atoms in total. The lowest BCUT2D eigenvalue weighted by Crippen LogP contribution is -2.66. The standard InChI is InChI=1S/C16H20N2O3/c1-11(2)9-13-14(19)18-16(21-3,15(20)17-13)10-12-7-5-4-6-8-12/h4-9,11H,10H2,1-3H3,(H,17,20)(H,18,19). The molecule has 112 valence electrons. The molecule has 1 aromatic rings. The van der Waals surface area contributed by atoms with Crippen LogP contribution in [0.2, 0.25) is 0 Å². The number of piperazine rings is 1. The number of hydrogen-bond acceptors (Lipinski definition) is 3. The van der Waals surface area contributed by atoms with Gasteiger partial charge in [0.15, 0.2) is 0 Å². The van der Waals surface area contributed by atoms with Gasteiger partial charge in [-0.15, -0.1) is 0 Å². The summed E-state index contributed by atoms with van der Waals surface area (Å²) < 4.78 is 5.35. The van der Waals surface area contributed by atoms with Gasteiger partial charge in [0.2, 0.25) is 5.72 Å². The van der Waals surface area contributed by atoms with E-state index >= 15 is 0 Å². The van der Waals surface area contributed by atoms with Gasteiger partial charge in [0.25, 0.3) is 11.8 Å². The lowest BCUT2D eigenvalue weighted by molar-refractivity contribution is -0.156. The van der Waals surface area contributed by atoms with Gasteiger partial charge in [-0.1, -0.05) is 50.3 Å². The fraction of sp³-hybridized carbons (Fsp3) is 0.375. The van der Waals surface area contributed by atoms with Crippen LogP contribution in [0.1, 0.15) is 19.4 Å². The SMILES string of the molecule is COC1(Cc2ccccc2)NC(=O)C(=CC(C)C)NC1=O. The van der Waals surface area contributed by atoms with E-state index in [2.05, 4.69) is 10.6 Å². The van der Waals surface area contributed by atoms with Gasteiger partial charge in [0, 0.05) is 13.5 Å². The van der Waals surface area contributed by atoms with Gasteiger partial charge in [-0.2, -0.15) is 0 Å². The van der Waals surface area contributed by atoms with E-state index in [9.17, 15) is 9.59 Å². The van der Waals surface area contributed by atoms with E-state index in [0.717, 1.165) is 5.56 Å². The summed E-state index contributed by atoms with van der Waals surface area (Å²) in [7, 11) is 1.42. The molecule has 0 aliphatic carbocycles. The Labute approximate surface area is 124 Å². The second-order valence-electron chi connectivity index (χ2n) is 5.43. The number of benzene rings is 1. The van der Waals surface area contributed by atoms with Gasteiger partial charge in [0.05, 0.1) is 0 Å². The Kier molecular flexibility index (Phi) is 4.43. The molecule has 1 heterocycles. The van der Waals surface area contributed by atoms with E-state index in [1.807, 2.05) is 44.2 Å². The summed E-state index contributed by atoms with van der Waals surface area (Å²) in [4.78, 5) is 24.6. The first kappa shape index (κ1) is 15.3. The number of hydrogen-bond donors (Lipinski definition) is 2. The molecule has 1 saturated heterocycles. The lowest BCUT2D eigenvalue weighted by Gasteiger charge is -2.36. The normalized spacial score (nSPS) is 24.1. The fourth-order valence-corrected chi connectivity index (χ4v) is 2.26. The summed E-state index contributed by atoms with van der Waals surface area (Å²) in [5.74, 6) is -0.531. The predicted octanol–water partition coefficient (Wildman–Crippen LogP) is 1.36. The summed E-state index contributed by atoms with van der Waals surface area (Å²) in [6, 6.07) is 9.43. The molecule has 0 radical (unpaired) electrons. The Morgan fingerprint density at radius 2 is 1.90 bits per heavy atom. The van der Waals surface area contributed by atoms with Crippen molar-refractivity contribution < 1.29 is 14.3 Å². The molecular formula is C16H20N2O3. The molecule has 5 heteroatoms. The van der Waals surface area contributed by atoms with E-state index in [0.29, 0.717) is 0 Å². The van der Waals surface area contributed by atoms with Crippen molar-refractivity contribution in [2.45, 2.75) is 26.0 Å². The summed E-state index contributed by atoms with van der Waals surface area (Å²) >= 11 is 0. The molecule has 2 N–H and O–H groups in total. The van der Waals surface area contributed by atoms with Gasteiger partial charge >= 0.3 is 0 Å². The van der Waals surface area contributed by atoms with E-state index in [-0.39, 0.29) is 29.9 Å². The molecule has 1 aromatic carbocycles. The Balaban J connectivity index is 2.25. The molecule has 2 amide bonds. The van der Waals surface area contributed by atoms with Crippen molar-refractivity contribution in [2.24, 2.45) is 5.92 Å². The summed E-state index contributed by atoms with van der Waals surface area (Å²) in [6.07, 6.45) is 1.99. The maximum absolute atomic E-state index is 12.4.